The summed E-state index contributed by atoms with van der Waals surface area (Å²) in [6, 6.07) is 0. The lowest BCUT2D eigenvalue weighted by Gasteiger charge is -2.18. The van der Waals surface area contributed by atoms with Gasteiger partial charge in [-0.3, -0.25) is 4.79 Å². The first kappa shape index (κ1) is 8.95. The summed E-state index contributed by atoms with van der Waals surface area (Å²) in [6.07, 6.45) is 5.30. The highest BCUT2D eigenvalue weighted by Gasteiger charge is 2.42. The van der Waals surface area contributed by atoms with Crippen molar-refractivity contribution in [3.63, 3.8) is 0 Å². The SMILES string of the molecule is CC(C)(O)C1=CC2CCCC2C1=O. The van der Waals surface area contributed by atoms with E-state index >= 15 is 0 Å². The van der Waals surface area contributed by atoms with Gasteiger partial charge in [0, 0.05) is 11.5 Å². The van der Waals surface area contributed by atoms with Crippen molar-refractivity contribution in [3.05, 3.63) is 11.6 Å². The number of rotatable bonds is 1. The summed E-state index contributed by atoms with van der Waals surface area (Å²) in [5.74, 6) is 0.811. The number of hydrogen-bond acceptors (Lipinski definition) is 2. The minimum Gasteiger partial charge on any atom is -0.386 e. The maximum atomic E-state index is 11.8. The van der Waals surface area contributed by atoms with E-state index in [2.05, 4.69) is 0 Å². The first-order chi connectivity index (χ1) is 6.00. The van der Waals surface area contributed by atoms with Gasteiger partial charge < -0.3 is 5.11 Å². The molecule has 0 saturated heterocycles. The van der Waals surface area contributed by atoms with Crippen molar-refractivity contribution in [1.82, 2.24) is 0 Å². The maximum Gasteiger partial charge on any atom is 0.165 e. The highest BCUT2D eigenvalue weighted by Crippen LogP contribution is 2.42. The van der Waals surface area contributed by atoms with Crippen molar-refractivity contribution in [2.45, 2.75) is 38.7 Å². The van der Waals surface area contributed by atoms with Crippen molar-refractivity contribution in [2.24, 2.45) is 11.8 Å². The Hall–Kier alpha value is -0.630. The molecule has 2 unspecified atom stereocenters. The summed E-state index contributed by atoms with van der Waals surface area (Å²) in [4.78, 5) is 11.8. The van der Waals surface area contributed by atoms with E-state index in [1.165, 1.54) is 0 Å². The molecule has 0 spiro atoms. The van der Waals surface area contributed by atoms with Gasteiger partial charge in [-0.1, -0.05) is 12.5 Å². The molecular formula is C11H16O2. The molecule has 0 aromatic carbocycles. The third kappa shape index (κ3) is 1.33. The van der Waals surface area contributed by atoms with Crippen LogP contribution in [0.1, 0.15) is 33.1 Å². The summed E-state index contributed by atoms with van der Waals surface area (Å²) in [6.45, 7) is 3.38. The second-order valence-corrected chi connectivity index (χ2v) is 4.70. The molecule has 2 heteroatoms. The van der Waals surface area contributed by atoms with E-state index < -0.39 is 5.60 Å². The Morgan fingerprint density at radius 1 is 1.46 bits per heavy atom. The molecule has 2 atom stereocenters. The predicted octanol–water partition coefficient (Wildman–Crippen LogP) is 1.68. The molecule has 0 amide bonds. The second-order valence-electron chi connectivity index (χ2n) is 4.70. The fraction of sp³-hybridized carbons (Fsp3) is 0.727. The first-order valence-electron chi connectivity index (χ1n) is 4.99. The fourth-order valence-corrected chi connectivity index (χ4v) is 2.52. The number of Topliss-reactive ketones (excluding diaryl/α,β-unsaturated/α-hetero) is 1. The van der Waals surface area contributed by atoms with Crippen molar-refractivity contribution in [3.8, 4) is 0 Å². The Kier molecular flexibility index (Phi) is 1.84. The average Bonchev–Trinajstić information content (AvgIpc) is 2.51. The van der Waals surface area contributed by atoms with Crippen LogP contribution in [0.4, 0.5) is 0 Å². The quantitative estimate of drug-likeness (QED) is 0.666. The van der Waals surface area contributed by atoms with Crippen LogP contribution in [0.3, 0.4) is 0 Å². The van der Waals surface area contributed by atoms with Crippen LogP contribution in [-0.2, 0) is 4.79 Å². The summed E-state index contributed by atoms with van der Waals surface area (Å²) in [5.41, 5.74) is -0.302. The van der Waals surface area contributed by atoms with E-state index in [4.69, 9.17) is 0 Å². The third-order valence-electron chi connectivity index (χ3n) is 3.21. The molecule has 1 saturated carbocycles. The highest BCUT2D eigenvalue weighted by atomic mass is 16.3. The molecule has 2 rings (SSSR count). The molecule has 72 valence electrons. The van der Waals surface area contributed by atoms with Gasteiger partial charge >= 0.3 is 0 Å². The Bertz CT molecular complexity index is 270. The lowest BCUT2D eigenvalue weighted by atomic mass is 9.92. The van der Waals surface area contributed by atoms with Crippen LogP contribution >= 0.6 is 0 Å². The number of hydrogen-bond donors (Lipinski definition) is 1. The third-order valence-corrected chi connectivity index (χ3v) is 3.21. The van der Waals surface area contributed by atoms with E-state index in [1.54, 1.807) is 13.8 Å². The van der Waals surface area contributed by atoms with E-state index in [-0.39, 0.29) is 11.7 Å². The molecule has 1 N–H and O–H groups in total. The Balaban J connectivity index is 2.28. The highest BCUT2D eigenvalue weighted by molar-refractivity contribution is 6.01. The molecule has 2 aliphatic carbocycles. The number of carbonyl (C=O) groups is 1. The molecular weight excluding hydrogens is 164 g/mol. The monoisotopic (exact) mass is 180 g/mol. The van der Waals surface area contributed by atoms with Gasteiger partial charge in [0.2, 0.25) is 0 Å². The van der Waals surface area contributed by atoms with E-state index in [1.807, 2.05) is 6.08 Å². The number of aliphatic hydroxyl groups is 1. The van der Waals surface area contributed by atoms with Crippen LogP contribution in [0.15, 0.2) is 11.6 Å². The maximum absolute atomic E-state index is 11.8. The summed E-state index contributed by atoms with van der Waals surface area (Å²) in [5, 5.41) is 9.75. The Morgan fingerprint density at radius 3 is 2.69 bits per heavy atom. The average molecular weight is 180 g/mol. The molecule has 0 radical (unpaired) electrons. The van der Waals surface area contributed by atoms with Gasteiger partial charge in [-0.15, -0.1) is 0 Å². The predicted molar refractivity (Wildman–Crippen MR) is 50.2 cm³/mol. The number of allylic oxidation sites excluding steroid dienone is 1. The van der Waals surface area contributed by atoms with Crippen molar-refractivity contribution in [1.29, 1.82) is 0 Å². The van der Waals surface area contributed by atoms with Crippen LogP contribution in [0.5, 0.6) is 0 Å². The van der Waals surface area contributed by atoms with Gasteiger partial charge in [-0.2, -0.15) is 0 Å². The van der Waals surface area contributed by atoms with Crippen LogP contribution in [0.25, 0.3) is 0 Å². The number of carbonyl (C=O) groups excluding carboxylic acids is 1. The molecule has 13 heavy (non-hydrogen) atoms. The lowest BCUT2D eigenvalue weighted by molar-refractivity contribution is -0.120. The van der Waals surface area contributed by atoms with Crippen molar-refractivity contribution in [2.75, 3.05) is 0 Å². The topological polar surface area (TPSA) is 37.3 Å². The van der Waals surface area contributed by atoms with Gasteiger partial charge in [-0.25, -0.2) is 0 Å². The fourth-order valence-electron chi connectivity index (χ4n) is 2.52. The van der Waals surface area contributed by atoms with E-state index in [0.29, 0.717) is 11.5 Å². The van der Waals surface area contributed by atoms with Crippen LogP contribution in [0.2, 0.25) is 0 Å². The summed E-state index contributed by atoms with van der Waals surface area (Å²) < 4.78 is 0. The molecule has 2 aliphatic rings. The molecule has 1 fully saturated rings. The Morgan fingerprint density at radius 2 is 2.15 bits per heavy atom. The van der Waals surface area contributed by atoms with Crippen LogP contribution < -0.4 is 0 Å². The largest absolute Gasteiger partial charge is 0.386 e. The lowest BCUT2D eigenvalue weighted by Crippen LogP contribution is -2.27. The van der Waals surface area contributed by atoms with E-state index in [0.717, 1.165) is 19.3 Å². The smallest absolute Gasteiger partial charge is 0.165 e. The summed E-state index contributed by atoms with van der Waals surface area (Å²) in [7, 11) is 0. The van der Waals surface area contributed by atoms with Crippen molar-refractivity contribution < 1.29 is 9.90 Å². The molecule has 0 aliphatic heterocycles. The van der Waals surface area contributed by atoms with Gasteiger partial charge in [0.15, 0.2) is 5.78 Å². The number of fused-ring (bicyclic) bond motifs is 1. The summed E-state index contributed by atoms with van der Waals surface area (Å²) >= 11 is 0. The van der Waals surface area contributed by atoms with Crippen LogP contribution in [0, 0.1) is 11.8 Å². The zero-order chi connectivity index (χ0) is 9.64. The first-order valence-corrected chi connectivity index (χ1v) is 4.99. The van der Waals surface area contributed by atoms with Crippen molar-refractivity contribution >= 4 is 5.78 Å². The van der Waals surface area contributed by atoms with Crippen LogP contribution in [-0.4, -0.2) is 16.5 Å². The van der Waals surface area contributed by atoms with Gasteiger partial charge in [-0.05, 0) is 32.6 Å². The second kappa shape index (κ2) is 2.68. The Labute approximate surface area is 78.6 Å². The minimum atomic E-state index is -0.943. The zero-order valence-corrected chi connectivity index (χ0v) is 8.21. The zero-order valence-electron chi connectivity index (χ0n) is 8.21. The molecule has 0 heterocycles. The van der Waals surface area contributed by atoms with Gasteiger partial charge in [0.25, 0.3) is 0 Å². The number of ketones is 1. The normalized spacial score (nSPS) is 33.5. The standard InChI is InChI=1S/C11H16O2/c1-11(2,13)9-6-7-4-3-5-8(7)10(9)12/h6-8,13H,3-5H2,1-2H3. The molecule has 0 aromatic rings. The molecule has 2 nitrogen and oxygen atoms in total. The van der Waals surface area contributed by atoms with E-state index in [9.17, 15) is 9.90 Å². The minimum absolute atomic E-state index is 0.190. The van der Waals surface area contributed by atoms with Gasteiger partial charge in [0.1, 0.15) is 0 Å². The molecule has 0 bridgehead atoms. The van der Waals surface area contributed by atoms with Gasteiger partial charge in [0.05, 0.1) is 5.60 Å². The molecule has 0 aromatic heterocycles.